The molecule has 0 saturated carbocycles. The number of carbonyl (C=O) groups is 3. The quantitative estimate of drug-likeness (QED) is 0.250. The Labute approximate surface area is 299 Å². The van der Waals surface area contributed by atoms with E-state index in [4.69, 9.17) is 25.8 Å². The average Bonchev–Trinajstić information content (AvgIpc) is 3.45. The number of aromatic nitrogens is 1. The lowest BCUT2D eigenvalue weighted by atomic mass is 9.69. The summed E-state index contributed by atoms with van der Waals surface area (Å²) in [5.41, 5.74) is -0.846. The Hall–Kier alpha value is -4.73. The smallest absolute Gasteiger partial charge is 0.231 e. The molecule has 3 atom stereocenters. The molecule has 1 fully saturated rings. The molecule has 3 aromatic rings. The van der Waals surface area contributed by atoms with Crippen LogP contribution >= 0.6 is 23.4 Å². The molecule has 0 bridgehead atoms. The van der Waals surface area contributed by atoms with E-state index in [1.54, 1.807) is 37.0 Å². The monoisotopic (exact) mass is 716 g/mol. The Morgan fingerprint density at radius 2 is 1.90 bits per heavy atom. The minimum Gasteiger partial charge on any atom is -0.507 e. The lowest BCUT2D eigenvalue weighted by molar-refractivity contribution is -0.122. The van der Waals surface area contributed by atoms with E-state index in [-0.39, 0.29) is 64.0 Å². The number of Topliss-reactive ketones (excluding diaryl/α,β-unsaturated/α-hetero) is 2. The van der Waals surface area contributed by atoms with E-state index in [0.29, 0.717) is 42.9 Å². The first-order valence-electron chi connectivity index (χ1n) is 16.3. The van der Waals surface area contributed by atoms with Crippen LogP contribution in [0, 0.1) is 17.2 Å². The Bertz CT molecular complexity index is 1920. The number of nitriles is 1. The van der Waals surface area contributed by atoms with E-state index >= 15 is 0 Å². The molecule has 3 aliphatic rings. The number of thioether (sulfide) groups is 1. The van der Waals surface area contributed by atoms with Gasteiger partial charge in [-0.3, -0.25) is 14.4 Å². The normalized spacial score (nSPS) is 21.0. The molecular weight excluding hydrogens is 680 g/mol. The van der Waals surface area contributed by atoms with Gasteiger partial charge in [0.25, 0.3) is 0 Å². The maximum absolute atomic E-state index is 14.4. The number of benzene rings is 2. The summed E-state index contributed by atoms with van der Waals surface area (Å²) in [7, 11) is 2.82. The van der Waals surface area contributed by atoms with Crippen LogP contribution in [0.2, 0.25) is 5.02 Å². The molecule has 2 N–H and O–H groups in total. The zero-order chi connectivity index (χ0) is 35.7. The van der Waals surface area contributed by atoms with Crippen molar-refractivity contribution in [3.8, 4) is 23.3 Å². The molecule has 1 spiro atoms. The van der Waals surface area contributed by atoms with E-state index in [1.165, 1.54) is 20.3 Å². The van der Waals surface area contributed by atoms with Crippen molar-refractivity contribution < 1.29 is 33.7 Å². The summed E-state index contributed by atoms with van der Waals surface area (Å²) >= 11 is 8.17. The van der Waals surface area contributed by atoms with Crippen molar-refractivity contribution in [1.82, 2.24) is 10.3 Å². The van der Waals surface area contributed by atoms with Gasteiger partial charge in [-0.25, -0.2) is 4.98 Å². The third-order valence-electron chi connectivity index (χ3n) is 9.83. The Balaban J connectivity index is 1.32. The van der Waals surface area contributed by atoms with Gasteiger partial charge >= 0.3 is 0 Å². The van der Waals surface area contributed by atoms with Crippen LogP contribution in [0.1, 0.15) is 60.0 Å². The number of ketones is 2. The number of aliphatic hydroxyl groups is 1. The van der Waals surface area contributed by atoms with Gasteiger partial charge in [-0.15, -0.1) is 11.8 Å². The number of hydrogen-bond acceptors (Lipinski definition) is 11. The van der Waals surface area contributed by atoms with Crippen LogP contribution in [0.4, 0.5) is 5.82 Å². The summed E-state index contributed by atoms with van der Waals surface area (Å²) in [5.74, 6) is -2.49. The predicted molar refractivity (Wildman–Crippen MR) is 189 cm³/mol. The van der Waals surface area contributed by atoms with Crippen LogP contribution in [0.25, 0.3) is 0 Å². The largest absolute Gasteiger partial charge is 0.507 e. The summed E-state index contributed by atoms with van der Waals surface area (Å²) in [4.78, 5) is 49.5. The number of aliphatic hydroxyl groups excluding tert-OH is 1. The zero-order valence-corrected chi connectivity index (χ0v) is 29.7. The molecule has 0 radical (unpaired) electrons. The fourth-order valence-corrected chi connectivity index (χ4v) is 7.88. The molecule has 11 nitrogen and oxygen atoms in total. The minimum atomic E-state index is -1.97. The van der Waals surface area contributed by atoms with Gasteiger partial charge in [0, 0.05) is 66.5 Å². The van der Waals surface area contributed by atoms with Crippen molar-refractivity contribution in [1.29, 1.82) is 5.26 Å². The number of nitrogens with zero attached hydrogens (tertiary/aromatic N) is 3. The van der Waals surface area contributed by atoms with Gasteiger partial charge in [0.05, 0.1) is 19.8 Å². The van der Waals surface area contributed by atoms with E-state index in [0.717, 1.165) is 4.90 Å². The number of carbonyl (C=O) groups excluding carboxylic acids is 3. The number of allylic oxidation sites excluding steroid dienone is 1. The SMILES string of the molecule is COc1cc(OC)c2c(c1Cl)O[C@]1(C2=O)C(O)=C(C(CC(=O)NC2CCN(c3ncccc3C#N)CC2)c2ccc(SC)cc2)C(=O)C[C@H]1C. The number of methoxy groups -OCH3 is 2. The summed E-state index contributed by atoms with van der Waals surface area (Å²) < 4.78 is 17.2. The molecule has 260 valence electrons. The van der Waals surface area contributed by atoms with Crippen molar-refractivity contribution >= 4 is 46.7 Å². The highest BCUT2D eigenvalue weighted by Crippen LogP contribution is 2.55. The molecule has 1 unspecified atom stereocenters. The third kappa shape index (κ3) is 6.03. The second-order valence-corrected chi connectivity index (χ2v) is 13.9. The molecule has 2 aromatic carbocycles. The molecule has 3 heterocycles. The molecular formula is C37H37ClN4O7S. The number of pyridine rings is 1. The number of hydrogen-bond donors (Lipinski definition) is 2. The number of piperidine rings is 1. The lowest BCUT2D eigenvalue weighted by Crippen LogP contribution is -2.53. The molecule has 50 heavy (non-hydrogen) atoms. The molecule has 1 aliphatic carbocycles. The van der Waals surface area contributed by atoms with E-state index in [1.807, 2.05) is 35.4 Å². The van der Waals surface area contributed by atoms with Crippen molar-refractivity contribution in [2.24, 2.45) is 5.92 Å². The number of amides is 1. The van der Waals surface area contributed by atoms with Gasteiger partial charge < -0.3 is 29.5 Å². The predicted octanol–water partition coefficient (Wildman–Crippen LogP) is 6.04. The van der Waals surface area contributed by atoms with Crippen LogP contribution in [-0.2, 0) is 9.59 Å². The standard InChI is InChI=1S/C37H37ClN4O7S/c1-20-16-26(43)30(34(45)37(20)35(46)31-27(47-2)18-28(48-3)32(38)33(31)49-37)25(21-7-9-24(50-4)10-8-21)17-29(44)41-23-11-14-42(15-12-23)36-22(19-39)6-5-13-40-36/h5-10,13,18,20,23,25,45H,11-12,14-17H2,1-4H3,(H,41,44)/t20-,25?,37+/m1/s1. The Morgan fingerprint density at radius 3 is 2.54 bits per heavy atom. The zero-order valence-electron chi connectivity index (χ0n) is 28.1. The molecule has 13 heteroatoms. The van der Waals surface area contributed by atoms with Crippen molar-refractivity contribution in [2.75, 3.05) is 38.5 Å². The summed E-state index contributed by atoms with van der Waals surface area (Å²) in [6, 6.07) is 14.4. The maximum Gasteiger partial charge on any atom is 0.231 e. The summed E-state index contributed by atoms with van der Waals surface area (Å²) in [5, 5.41) is 24.8. The lowest BCUT2D eigenvalue weighted by Gasteiger charge is -2.39. The second kappa shape index (κ2) is 14.2. The van der Waals surface area contributed by atoms with Gasteiger partial charge in [0.2, 0.25) is 17.3 Å². The van der Waals surface area contributed by atoms with E-state index < -0.39 is 29.0 Å². The maximum atomic E-state index is 14.4. The molecule has 1 saturated heterocycles. The number of halogens is 1. The highest BCUT2D eigenvalue weighted by molar-refractivity contribution is 7.98. The molecule has 1 amide bonds. The fourth-order valence-electron chi connectivity index (χ4n) is 7.21. The number of rotatable bonds is 9. The topological polar surface area (TPSA) is 151 Å². The first-order valence-corrected chi connectivity index (χ1v) is 17.9. The van der Waals surface area contributed by atoms with Gasteiger partial charge in [0.1, 0.15) is 34.0 Å². The number of nitrogens with one attached hydrogen (secondary N) is 1. The van der Waals surface area contributed by atoms with Crippen molar-refractivity contribution in [2.45, 2.75) is 55.1 Å². The van der Waals surface area contributed by atoms with Crippen LogP contribution in [0.5, 0.6) is 17.2 Å². The average molecular weight is 717 g/mol. The Morgan fingerprint density at radius 1 is 1.20 bits per heavy atom. The minimum absolute atomic E-state index is 0.00230. The van der Waals surface area contributed by atoms with E-state index in [2.05, 4.69) is 16.4 Å². The first kappa shape index (κ1) is 35.1. The van der Waals surface area contributed by atoms with Crippen molar-refractivity contribution in [3.63, 3.8) is 0 Å². The van der Waals surface area contributed by atoms with Gasteiger partial charge in [-0.05, 0) is 48.9 Å². The molecule has 2 aliphatic heterocycles. The van der Waals surface area contributed by atoms with Gasteiger partial charge in [-0.1, -0.05) is 30.7 Å². The third-order valence-corrected chi connectivity index (χ3v) is 10.9. The number of fused-ring (bicyclic) bond motifs is 1. The van der Waals surface area contributed by atoms with E-state index in [9.17, 15) is 24.8 Å². The van der Waals surface area contributed by atoms with Crippen LogP contribution in [0.3, 0.4) is 0 Å². The fraction of sp³-hybridized carbons (Fsp3) is 0.378. The Kier molecular flexibility index (Phi) is 10.0. The van der Waals surface area contributed by atoms with Crippen LogP contribution < -0.4 is 24.4 Å². The molecule has 6 rings (SSSR count). The first-order chi connectivity index (χ1) is 24.1. The highest BCUT2D eigenvalue weighted by Gasteiger charge is 2.61. The van der Waals surface area contributed by atoms with Crippen LogP contribution in [-0.4, -0.2) is 72.8 Å². The molecule has 1 aromatic heterocycles. The van der Waals surface area contributed by atoms with Crippen LogP contribution in [0.15, 0.2) is 64.9 Å². The second-order valence-electron chi connectivity index (χ2n) is 12.6. The number of ether oxygens (including phenoxy) is 3. The van der Waals surface area contributed by atoms with Gasteiger partial charge in [0.15, 0.2) is 17.3 Å². The highest BCUT2D eigenvalue weighted by atomic mass is 35.5. The summed E-state index contributed by atoms with van der Waals surface area (Å²) in [6.07, 6.45) is 4.57. The van der Waals surface area contributed by atoms with Gasteiger partial charge in [-0.2, -0.15) is 5.26 Å². The van der Waals surface area contributed by atoms with Crippen molar-refractivity contribution in [3.05, 3.63) is 81.7 Å². The summed E-state index contributed by atoms with van der Waals surface area (Å²) in [6.45, 7) is 2.86. The number of anilines is 1.